The molecule has 2 aromatic rings. The molecule has 0 fully saturated rings. The summed E-state index contributed by atoms with van der Waals surface area (Å²) in [4.78, 5) is 0. The molecule has 0 N–H and O–H groups in total. The first-order valence-corrected chi connectivity index (χ1v) is 16.2. The molecule has 0 saturated carbocycles. The van der Waals surface area contributed by atoms with Gasteiger partial charge >= 0.3 is 81.1 Å². The Bertz CT molecular complexity index is 1040. The summed E-state index contributed by atoms with van der Waals surface area (Å²) in [5, 5.41) is 30.3. The molecule has 0 radical (unpaired) electrons. The van der Waals surface area contributed by atoms with E-state index in [2.05, 4.69) is 128 Å². The third-order valence-electron chi connectivity index (χ3n) is 5.84. The van der Waals surface area contributed by atoms with Crippen LogP contribution >= 0.6 is 0 Å². The summed E-state index contributed by atoms with van der Waals surface area (Å²) in [5.41, 5.74) is 5.29. The van der Waals surface area contributed by atoms with E-state index >= 15 is 0 Å². The SMILES string of the molecule is C(C=CCc1ccccc1)=CCc1ccccc1.CC(C)(C)[O-].CC(C)(C)[O-].CC(C)(C)[O-].CC1=C(C)C(C)(C)[C]([Ti+3])=C1C. The summed E-state index contributed by atoms with van der Waals surface area (Å²) < 4.78 is 1.53. The first-order valence-electron chi connectivity index (χ1n) is 15.5. The van der Waals surface area contributed by atoms with Crippen LogP contribution in [-0.4, -0.2) is 16.8 Å². The molecule has 242 valence electrons. The Morgan fingerprint density at radius 2 is 0.841 bits per heavy atom. The average Bonchev–Trinajstić information content (AvgIpc) is 2.99. The molecule has 0 aliphatic heterocycles. The van der Waals surface area contributed by atoms with Crippen LogP contribution in [-0.2, 0) is 33.3 Å². The maximum atomic E-state index is 10.1. The standard InChI is InChI=1S/C18H18.C10H15.3C4H9O.Ti/c1(5-11-17-13-7-3-8-14-17)2-6-12-18-15-9-4-10-16-18;1-7-6-10(4,5)9(3)8(7)2;3*1-4(2,3)5;/h1-10,13-16H,11-12H2;1-5H3;3*1-3H3;/q;;3*-1;+3. The fourth-order valence-corrected chi connectivity index (χ4v) is 3.97. The second kappa shape index (κ2) is 20.9. The monoisotopic (exact) mass is 636 g/mol. The summed E-state index contributed by atoms with van der Waals surface area (Å²) in [6.07, 6.45) is 10.6. The van der Waals surface area contributed by atoms with Gasteiger partial charge in [-0.25, -0.2) is 0 Å². The van der Waals surface area contributed by atoms with E-state index in [-0.39, 0.29) is 0 Å². The van der Waals surface area contributed by atoms with Crippen molar-refractivity contribution < 1.29 is 35.8 Å². The van der Waals surface area contributed by atoms with Crippen molar-refractivity contribution in [2.75, 3.05) is 0 Å². The van der Waals surface area contributed by atoms with Crippen LogP contribution in [0, 0.1) is 5.41 Å². The van der Waals surface area contributed by atoms with Crippen molar-refractivity contribution in [1.29, 1.82) is 0 Å². The van der Waals surface area contributed by atoms with Crippen molar-refractivity contribution in [2.24, 2.45) is 5.41 Å². The van der Waals surface area contributed by atoms with Gasteiger partial charge in [-0.15, -0.1) is 16.8 Å². The van der Waals surface area contributed by atoms with Crippen LogP contribution in [0.2, 0.25) is 0 Å². The predicted octanol–water partition coefficient (Wildman–Crippen LogP) is 8.20. The van der Waals surface area contributed by atoms with Crippen LogP contribution in [0.5, 0.6) is 0 Å². The van der Waals surface area contributed by atoms with Crippen molar-refractivity contribution in [3.63, 3.8) is 0 Å². The average molecular weight is 637 g/mol. The van der Waals surface area contributed by atoms with Gasteiger partial charge in [0.25, 0.3) is 0 Å². The molecule has 44 heavy (non-hydrogen) atoms. The fraction of sp³-hybridized carbons (Fsp3) is 0.500. The summed E-state index contributed by atoms with van der Waals surface area (Å²) in [6, 6.07) is 21.0. The normalized spacial score (nSPS) is 14.6. The van der Waals surface area contributed by atoms with Crippen molar-refractivity contribution >= 4 is 0 Å². The summed E-state index contributed by atoms with van der Waals surface area (Å²) >= 11 is 2.25. The molecule has 0 amide bonds. The van der Waals surface area contributed by atoms with Gasteiger partial charge in [-0.05, 0) is 24.0 Å². The second-order valence-electron chi connectivity index (χ2n) is 14.4. The first kappa shape index (κ1) is 44.1. The summed E-state index contributed by atoms with van der Waals surface area (Å²) in [6.45, 7) is 26.0. The van der Waals surface area contributed by atoms with Crippen LogP contribution in [0.4, 0.5) is 0 Å². The summed E-state index contributed by atoms with van der Waals surface area (Å²) in [5.74, 6) is 0. The van der Waals surface area contributed by atoms with Crippen molar-refractivity contribution in [3.05, 3.63) is 117 Å². The van der Waals surface area contributed by atoms with E-state index in [9.17, 15) is 15.3 Å². The van der Waals surface area contributed by atoms with Gasteiger partial charge < -0.3 is 15.3 Å². The van der Waals surface area contributed by atoms with Crippen LogP contribution < -0.4 is 15.3 Å². The predicted molar refractivity (Wildman–Crippen MR) is 183 cm³/mol. The van der Waals surface area contributed by atoms with Crippen molar-refractivity contribution in [1.82, 2.24) is 0 Å². The van der Waals surface area contributed by atoms with Crippen LogP contribution in [0.1, 0.15) is 108 Å². The molecular formula is C40H60O3Ti. The van der Waals surface area contributed by atoms with Gasteiger partial charge in [0.15, 0.2) is 0 Å². The van der Waals surface area contributed by atoms with E-state index in [1.54, 1.807) is 62.3 Å². The van der Waals surface area contributed by atoms with Crippen LogP contribution in [0.15, 0.2) is 106 Å². The number of hydrogen-bond acceptors (Lipinski definition) is 3. The van der Waals surface area contributed by atoms with Crippen LogP contribution in [0.25, 0.3) is 0 Å². The maximum absolute atomic E-state index is 10.1. The van der Waals surface area contributed by atoms with Crippen molar-refractivity contribution in [2.45, 2.75) is 127 Å². The topological polar surface area (TPSA) is 69.2 Å². The zero-order valence-electron chi connectivity index (χ0n) is 30.2. The third-order valence-corrected chi connectivity index (χ3v) is 7.40. The number of hydrogen-bond donors (Lipinski definition) is 0. The molecule has 1 aliphatic carbocycles. The van der Waals surface area contributed by atoms with Gasteiger partial charge in [0, 0.05) is 0 Å². The van der Waals surface area contributed by atoms with E-state index in [4.69, 9.17) is 0 Å². The summed E-state index contributed by atoms with van der Waals surface area (Å²) in [7, 11) is 0. The molecule has 4 heteroatoms. The molecule has 0 saturated heterocycles. The molecule has 1 aliphatic rings. The molecule has 0 heterocycles. The Balaban J connectivity index is 0. The van der Waals surface area contributed by atoms with E-state index in [0.29, 0.717) is 5.41 Å². The van der Waals surface area contributed by atoms with E-state index in [1.165, 1.54) is 31.7 Å². The first-order chi connectivity index (χ1) is 19.8. The molecule has 2 aromatic carbocycles. The molecule has 3 nitrogen and oxygen atoms in total. The zero-order chi connectivity index (χ0) is 34.8. The van der Waals surface area contributed by atoms with Gasteiger partial charge in [-0.1, -0.05) is 147 Å². The Hall–Kier alpha value is -2.01. The van der Waals surface area contributed by atoms with Gasteiger partial charge in [0.1, 0.15) is 0 Å². The number of benzene rings is 2. The fourth-order valence-electron chi connectivity index (χ4n) is 3.39. The minimum absolute atomic E-state index is 0.314. The molecule has 3 rings (SSSR count). The Kier molecular flexibility index (Phi) is 21.0. The minimum atomic E-state index is -0.750. The Morgan fingerprint density at radius 3 is 1.02 bits per heavy atom. The van der Waals surface area contributed by atoms with Crippen LogP contribution in [0.3, 0.4) is 0 Å². The molecule has 0 aromatic heterocycles. The van der Waals surface area contributed by atoms with E-state index in [1.807, 2.05) is 12.1 Å². The molecule has 0 atom stereocenters. The van der Waals surface area contributed by atoms with Gasteiger partial charge in [-0.3, -0.25) is 0 Å². The molecular weight excluding hydrogens is 576 g/mol. The molecule has 0 bridgehead atoms. The van der Waals surface area contributed by atoms with Gasteiger partial charge in [0.2, 0.25) is 0 Å². The second-order valence-corrected chi connectivity index (χ2v) is 15.2. The number of allylic oxidation sites excluding steroid dienone is 8. The Labute approximate surface area is 283 Å². The Morgan fingerprint density at radius 1 is 0.568 bits per heavy atom. The molecule has 0 spiro atoms. The number of rotatable bonds is 5. The van der Waals surface area contributed by atoms with E-state index < -0.39 is 16.8 Å². The van der Waals surface area contributed by atoms with Crippen molar-refractivity contribution in [3.8, 4) is 0 Å². The quantitative estimate of drug-likeness (QED) is 0.245. The van der Waals surface area contributed by atoms with Gasteiger partial charge in [0.05, 0.1) is 0 Å². The zero-order valence-corrected chi connectivity index (χ0v) is 31.8. The third kappa shape index (κ3) is 27.5. The van der Waals surface area contributed by atoms with Gasteiger partial charge in [-0.2, -0.15) is 0 Å². The van der Waals surface area contributed by atoms with E-state index in [0.717, 1.165) is 12.8 Å². The molecule has 0 unspecified atom stereocenters.